The van der Waals surface area contributed by atoms with E-state index in [1.54, 1.807) is 0 Å². The van der Waals surface area contributed by atoms with Gasteiger partial charge in [-0.05, 0) is 57.0 Å². The number of hydrogen-bond acceptors (Lipinski definition) is 4. The third-order valence-electron chi connectivity index (χ3n) is 1.65. The van der Waals surface area contributed by atoms with E-state index in [0.717, 1.165) is 0 Å². The second-order valence-corrected chi connectivity index (χ2v) is 6.77. The number of hydrogen-bond donors (Lipinski definition) is 0. The summed E-state index contributed by atoms with van der Waals surface area (Å²) < 4.78 is 10.6. The first kappa shape index (κ1) is 18.1. The van der Waals surface area contributed by atoms with E-state index in [2.05, 4.69) is 0 Å². The van der Waals surface area contributed by atoms with Crippen LogP contribution in [0.5, 0.6) is 0 Å². The second-order valence-electron chi connectivity index (χ2n) is 4.61. The number of rotatable bonds is 6. The van der Waals surface area contributed by atoms with Crippen LogP contribution in [0.2, 0.25) is 0 Å². The first-order valence-electron chi connectivity index (χ1n) is 5.65. The molecule has 0 aromatic rings. The lowest BCUT2D eigenvalue weighted by Gasteiger charge is -2.09. The predicted molar refractivity (Wildman–Crippen MR) is 86.7 cm³/mol. The molecular weight excluding hydrogens is 462 g/mol. The molecule has 0 aromatic carbocycles. The molecule has 0 aromatic heterocycles. The van der Waals surface area contributed by atoms with Crippen molar-refractivity contribution in [1.82, 2.24) is 0 Å². The predicted octanol–water partition coefficient (Wildman–Crippen LogP) is 3.47. The van der Waals surface area contributed by atoms with Crippen molar-refractivity contribution < 1.29 is 19.1 Å². The summed E-state index contributed by atoms with van der Waals surface area (Å²) in [6, 6.07) is 0. The fraction of sp³-hybridized carbons (Fsp3) is 0.667. The normalized spacial score (nSPS) is 12.4. The Hall–Kier alpha value is 0.140. The maximum atomic E-state index is 11.6. The maximum absolute atomic E-state index is 11.6. The molecule has 104 valence electrons. The summed E-state index contributed by atoms with van der Waals surface area (Å²) in [6.45, 7) is 8.49. The van der Waals surface area contributed by atoms with Crippen LogP contribution in [0.3, 0.4) is 0 Å². The molecule has 0 saturated heterocycles. The minimum absolute atomic E-state index is 0.266. The zero-order valence-electron chi connectivity index (χ0n) is 11.0. The molecule has 0 saturated carbocycles. The average Bonchev–Trinajstić information content (AvgIpc) is 2.30. The van der Waals surface area contributed by atoms with Gasteiger partial charge in [-0.2, -0.15) is 0 Å². The van der Waals surface area contributed by atoms with E-state index in [9.17, 15) is 9.59 Å². The molecule has 0 aliphatic heterocycles. The minimum atomic E-state index is -0.477. The highest BCUT2D eigenvalue weighted by Gasteiger charge is 2.19. The molecule has 6 heteroatoms. The summed E-state index contributed by atoms with van der Waals surface area (Å²) in [5, 5.41) is 0. The molecule has 0 aliphatic carbocycles. The van der Waals surface area contributed by atoms with E-state index in [-0.39, 0.29) is 19.0 Å². The minimum Gasteiger partial charge on any atom is -0.461 e. The Balaban J connectivity index is 4.49. The zero-order valence-corrected chi connectivity index (χ0v) is 15.3. The Morgan fingerprint density at radius 1 is 0.833 bits per heavy atom. The SMILES string of the molecule is CC(C)COC(=O)/C(I)=C(/I)C(=O)OCC(C)C. The average molecular weight is 480 g/mol. The van der Waals surface area contributed by atoms with Gasteiger partial charge in [-0.1, -0.05) is 27.7 Å². The summed E-state index contributed by atoms with van der Waals surface area (Å²) in [6.07, 6.45) is 0. The molecule has 0 atom stereocenters. The molecule has 18 heavy (non-hydrogen) atoms. The van der Waals surface area contributed by atoms with Crippen molar-refractivity contribution in [2.75, 3.05) is 13.2 Å². The summed E-state index contributed by atoms with van der Waals surface area (Å²) >= 11 is 3.62. The van der Waals surface area contributed by atoms with E-state index in [1.165, 1.54) is 0 Å². The van der Waals surface area contributed by atoms with Crippen molar-refractivity contribution >= 4 is 57.1 Å². The maximum Gasteiger partial charge on any atom is 0.345 e. The van der Waals surface area contributed by atoms with Gasteiger partial charge in [-0.3, -0.25) is 0 Å². The Labute approximate surface area is 135 Å². The van der Waals surface area contributed by atoms with Gasteiger partial charge >= 0.3 is 11.9 Å². The largest absolute Gasteiger partial charge is 0.461 e. The molecule has 0 rings (SSSR count). The van der Waals surface area contributed by atoms with Crippen LogP contribution in [0.1, 0.15) is 27.7 Å². The molecule has 0 aliphatic rings. The van der Waals surface area contributed by atoms with Gasteiger partial charge in [0, 0.05) is 0 Å². The van der Waals surface area contributed by atoms with Crippen LogP contribution >= 0.6 is 45.2 Å². The molecule has 0 unspecified atom stereocenters. The standard InChI is InChI=1S/C12H18I2O4/c1-7(2)5-17-11(15)9(13)10(14)12(16)18-6-8(3)4/h7-8H,5-6H2,1-4H3/b10-9-. The molecular formula is C12H18I2O4. The highest BCUT2D eigenvalue weighted by molar-refractivity contribution is 14.1. The van der Waals surface area contributed by atoms with E-state index in [1.807, 2.05) is 72.9 Å². The van der Waals surface area contributed by atoms with Gasteiger partial charge in [0.25, 0.3) is 0 Å². The number of ether oxygens (including phenoxy) is 2. The van der Waals surface area contributed by atoms with Gasteiger partial charge in [-0.15, -0.1) is 0 Å². The fourth-order valence-corrected chi connectivity index (χ4v) is 1.54. The number of esters is 2. The van der Waals surface area contributed by atoms with E-state index < -0.39 is 11.9 Å². The summed E-state index contributed by atoms with van der Waals surface area (Å²) in [5.41, 5.74) is 0. The van der Waals surface area contributed by atoms with Crippen molar-refractivity contribution in [2.24, 2.45) is 11.8 Å². The van der Waals surface area contributed by atoms with Gasteiger partial charge in [0.1, 0.15) is 7.16 Å². The van der Waals surface area contributed by atoms with Crippen molar-refractivity contribution in [2.45, 2.75) is 27.7 Å². The Morgan fingerprint density at radius 3 is 1.33 bits per heavy atom. The van der Waals surface area contributed by atoms with Crippen molar-refractivity contribution in [3.05, 3.63) is 7.16 Å². The van der Waals surface area contributed by atoms with Crippen LogP contribution in [-0.2, 0) is 19.1 Å². The topological polar surface area (TPSA) is 52.6 Å². The second kappa shape index (κ2) is 9.11. The monoisotopic (exact) mass is 480 g/mol. The highest BCUT2D eigenvalue weighted by atomic mass is 127. The molecule has 0 radical (unpaired) electrons. The molecule has 0 amide bonds. The first-order chi connectivity index (χ1) is 8.25. The van der Waals surface area contributed by atoms with Gasteiger partial charge in [0.05, 0.1) is 13.2 Å². The van der Waals surface area contributed by atoms with Crippen molar-refractivity contribution in [3.8, 4) is 0 Å². The van der Waals surface area contributed by atoms with E-state index >= 15 is 0 Å². The van der Waals surface area contributed by atoms with E-state index in [4.69, 9.17) is 9.47 Å². The van der Waals surface area contributed by atoms with Crippen LogP contribution in [0.25, 0.3) is 0 Å². The Morgan fingerprint density at radius 2 is 1.11 bits per heavy atom. The summed E-state index contributed by atoms with van der Waals surface area (Å²) in [4.78, 5) is 23.3. The molecule has 0 spiro atoms. The van der Waals surface area contributed by atoms with Gasteiger partial charge < -0.3 is 9.47 Å². The van der Waals surface area contributed by atoms with Crippen molar-refractivity contribution in [3.63, 3.8) is 0 Å². The Kier molecular flexibility index (Phi) is 9.18. The van der Waals surface area contributed by atoms with Crippen LogP contribution in [0.15, 0.2) is 7.16 Å². The molecule has 0 bridgehead atoms. The van der Waals surface area contributed by atoms with Gasteiger partial charge in [0.15, 0.2) is 0 Å². The molecule has 0 fully saturated rings. The molecule has 0 N–H and O–H groups in total. The number of halogens is 2. The van der Waals surface area contributed by atoms with E-state index in [0.29, 0.717) is 13.2 Å². The van der Waals surface area contributed by atoms with Gasteiger partial charge in [0.2, 0.25) is 0 Å². The zero-order chi connectivity index (χ0) is 14.3. The lowest BCUT2D eigenvalue weighted by Crippen LogP contribution is -2.14. The summed E-state index contributed by atoms with van der Waals surface area (Å²) in [5.74, 6) is -0.419. The Bertz CT molecular complexity index is 303. The van der Waals surface area contributed by atoms with Crippen LogP contribution in [0.4, 0.5) is 0 Å². The van der Waals surface area contributed by atoms with Crippen LogP contribution in [0, 0.1) is 11.8 Å². The fourth-order valence-electron chi connectivity index (χ4n) is 0.791. The highest BCUT2D eigenvalue weighted by Crippen LogP contribution is 2.22. The summed E-state index contributed by atoms with van der Waals surface area (Å²) in [7, 11) is 0. The lowest BCUT2D eigenvalue weighted by molar-refractivity contribution is -0.141. The molecule has 0 heterocycles. The van der Waals surface area contributed by atoms with Gasteiger partial charge in [-0.25, -0.2) is 9.59 Å². The first-order valence-corrected chi connectivity index (χ1v) is 7.81. The molecule has 4 nitrogen and oxygen atoms in total. The third kappa shape index (κ3) is 7.55. The smallest absolute Gasteiger partial charge is 0.345 e. The van der Waals surface area contributed by atoms with Crippen molar-refractivity contribution in [1.29, 1.82) is 0 Å². The lowest BCUT2D eigenvalue weighted by atomic mass is 10.2. The van der Waals surface area contributed by atoms with Crippen LogP contribution < -0.4 is 0 Å². The third-order valence-corrected chi connectivity index (χ3v) is 4.64. The number of carbonyl (C=O) groups is 2. The number of carbonyl (C=O) groups excluding carboxylic acids is 2. The quantitative estimate of drug-likeness (QED) is 0.332. The van der Waals surface area contributed by atoms with Crippen LogP contribution in [-0.4, -0.2) is 25.2 Å².